The molecule has 27 heavy (non-hydrogen) atoms. The third-order valence-corrected chi connectivity index (χ3v) is 5.31. The predicted molar refractivity (Wildman–Crippen MR) is 103 cm³/mol. The average molecular weight is 406 g/mol. The van der Waals surface area contributed by atoms with Crippen molar-refractivity contribution in [1.29, 1.82) is 0 Å². The van der Waals surface area contributed by atoms with E-state index in [1.807, 2.05) is 25.1 Å². The molecule has 1 amide bonds. The van der Waals surface area contributed by atoms with Gasteiger partial charge in [0.05, 0.1) is 34.9 Å². The topological polar surface area (TPSA) is 120 Å². The van der Waals surface area contributed by atoms with Crippen molar-refractivity contribution in [1.82, 2.24) is 10.4 Å². The fourth-order valence-corrected chi connectivity index (χ4v) is 3.93. The molecule has 0 saturated heterocycles. The SMILES string of the molecule is CCOc1ccc2nc(SCC(=O)N/N=C\c3ccc([N+](=O)[O-])o3)sc2c1. The zero-order chi connectivity index (χ0) is 19.2. The molecule has 0 aliphatic heterocycles. The molecule has 140 valence electrons. The molecule has 11 heteroatoms. The molecule has 0 spiro atoms. The number of hydrogen-bond acceptors (Lipinski definition) is 9. The number of hydrogen-bond donors (Lipinski definition) is 1. The van der Waals surface area contributed by atoms with Gasteiger partial charge in [-0.05, 0) is 31.2 Å². The summed E-state index contributed by atoms with van der Waals surface area (Å²) in [5.41, 5.74) is 3.19. The third-order valence-electron chi connectivity index (χ3n) is 3.15. The Morgan fingerprint density at radius 3 is 3.07 bits per heavy atom. The molecule has 0 unspecified atom stereocenters. The van der Waals surface area contributed by atoms with Crippen molar-refractivity contribution in [2.24, 2.45) is 5.10 Å². The van der Waals surface area contributed by atoms with E-state index in [1.54, 1.807) is 0 Å². The molecule has 2 aromatic heterocycles. The highest BCUT2D eigenvalue weighted by atomic mass is 32.2. The average Bonchev–Trinajstić information content (AvgIpc) is 3.26. The smallest absolute Gasteiger partial charge is 0.433 e. The van der Waals surface area contributed by atoms with Crippen LogP contribution in [0.4, 0.5) is 5.88 Å². The van der Waals surface area contributed by atoms with E-state index in [1.165, 1.54) is 41.4 Å². The number of nitrogens with zero attached hydrogens (tertiary/aromatic N) is 3. The zero-order valence-electron chi connectivity index (χ0n) is 14.1. The van der Waals surface area contributed by atoms with Gasteiger partial charge >= 0.3 is 5.88 Å². The highest BCUT2D eigenvalue weighted by Crippen LogP contribution is 2.31. The predicted octanol–water partition coefficient (Wildman–Crippen LogP) is 3.44. The Labute approximate surface area is 161 Å². The van der Waals surface area contributed by atoms with E-state index in [0.29, 0.717) is 6.61 Å². The number of fused-ring (bicyclic) bond motifs is 1. The first-order valence-electron chi connectivity index (χ1n) is 7.77. The molecule has 0 saturated carbocycles. The monoisotopic (exact) mass is 406 g/mol. The molecule has 0 aliphatic carbocycles. The zero-order valence-corrected chi connectivity index (χ0v) is 15.7. The highest BCUT2D eigenvalue weighted by Gasteiger charge is 2.11. The summed E-state index contributed by atoms with van der Waals surface area (Å²) in [7, 11) is 0. The van der Waals surface area contributed by atoms with Crippen molar-refractivity contribution in [2.45, 2.75) is 11.3 Å². The lowest BCUT2D eigenvalue weighted by atomic mass is 10.3. The Morgan fingerprint density at radius 2 is 2.33 bits per heavy atom. The van der Waals surface area contributed by atoms with Crippen LogP contribution in [0.3, 0.4) is 0 Å². The summed E-state index contributed by atoms with van der Waals surface area (Å²) in [6.07, 6.45) is 1.20. The van der Waals surface area contributed by atoms with E-state index in [2.05, 4.69) is 15.5 Å². The number of furan rings is 1. The molecule has 3 aromatic rings. The number of aromatic nitrogens is 1. The molecular formula is C16H14N4O5S2. The van der Waals surface area contributed by atoms with Crippen LogP contribution < -0.4 is 10.2 Å². The lowest BCUT2D eigenvalue weighted by Crippen LogP contribution is -2.19. The van der Waals surface area contributed by atoms with Gasteiger partial charge in [0.1, 0.15) is 10.7 Å². The van der Waals surface area contributed by atoms with Crippen LogP contribution in [0.25, 0.3) is 10.2 Å². The minimum Gasteiger partial charge on any atom is -0.494 e. The van der Waals surface area contributed by atoms with Gasteiger partial charge in [-0.1, -0.05) is 11.8 Å². The number of thioether (sulfide) groups is 1. The number of nitrogens with one attached hydrogen (secondary N) is 1. The number of amides is 1. The van der Waals surface area contributed by atoms with Crippen molar-refractivity contribution in [3.63, 3.8) is 0 Å². The molecule has 1 aromatic carbocycles. The lowest BCUT2D eigenvalue weighted by molar-refractivity contribution is -0.402. The van der Waals surface area contributed by atoms with Gasteiger partial charge in [0.15, 0.2) is 10.1 Å². The lowest BCUT2D eigenvalue weighted by Gasteiger charge is -2.00. The first-order chi connectivity index (χ1) is 13.0. The summed E-state index contributed by atoms with van der Waals surface area (Å²) in [4.78, 5) is 26.2. The molecule has 0 aliphatic rings. The molecule has 2 heterocycles. The van der Waals surface area contributed by atoms with Gasteiger partial charge in [0.2, 0.25) is 0 Å². The van der Waals surface area contributed by atoms with Crippen LogP contribution >= 0.6 is 23.1 Å². The van der Waals surface area contributed by atoms with Gasteiger partial charge in [-0.25, -0.2) is 10.4 Å². The quantitative estimate of drug-likeness (QED) is 0.263. The maximum atomic E-state index is 11.8. The molecule has 1 N–H and O–H groups in total. The van der Waals surface area contributed by atoms with Gasteiger partial charge in [-0.2, -0.15) is 5.10 Å². The molecule has 0 radical (unpaired) electrons. The van der Waals surface area contributed by atoms with Crippen LogP contribution in [0.5, 0.6) is 5.75 Å². The third kappa shape index (κ3) is 5.05. The fourth-order valence-electron chi connectivity index (χ4n) is 2.04. The van der Waals surface area contributed by atoms with Crippen molar-refractivity contribution < 1.29 is 18.9 Å². The fraction of sp³-hybridized carbons (Fsp3) is 0.188. The van der Waals surface area contributed by atoms with Gasteiger partial charge in [0.25, 0.3) is 5.91 Å². The van der Waals surface area contributed by atoms with Crippen LogP contribution in [-0.2, 0) is 4.79 Å². The van der Waals surface area contributed by atoms with Crippen LogP contribution in [0.1, 0.15) is 12.7 Å². The molecule has 0 atom stereocenters. The second-order valence-electron chi connectivity index (χ2n) is 5.06. The first-order valence-corrected chi connectivity index (χ1v) is 9.57. The number of carbonyl (C=O) groups excluding carboxylic acids is 1. The number of nitro groups is 1. The van der Waals surface area contributed by atoms with Crippen LogP contribution in [0.15, 0.2) is 44.2 Å². The number of rotatable bonds is 8. The summed E-state index contributed by atoms with van der Waals surface area (Å²) in [6.45, 7) is 2.52. The van der Waals surface area contributed by atoms with Crippen molar-refractivity contribution in [3.05, 3.63) is 46.2 Å². The number of benzene rings is 1. The van der Waals surface area contributed by atoms with Crippen molar-refractivity contribution in [2.75, 3.05) is 12.4 Å². The Kier molecular flexibility index (Phi) is 6.04. The Bertz CT molecular complexity index is 998. The van der Waals surface area contributed by atoms with Gasteiger partial charge in [-0.15, -0.1) is 11.3 Å². The first kappa shape index (κ1) is 18.9. The summed E-state index contributed by atoms with van der Waals surface area (Å²) in [6, 6.07) is 8.27. The maximum absolute atomic E-state index is 11.8. The van der Waals surface area contributed by atoms with E-state index in [9.17, 15) is 14.9 Å². The van der Waals surface area contributed by atoms with E-state index in [0.717, 1.165) is 20.3 Å². The van der Waals surface area contributed by atoms with Crippen LogP contribution in [0, 0.1) is 10.1 Å². The molecule has 9 nitrogen and oxygen atoms in total. The normalized spacial score (nSPS) is 11.1. The van der Waals surface area contributed by atoms with Gasteiger partial charge < -0.3 is 9.15 Å². The largest absolute Gasteiger partial charge is 0.494 e. The standard InChI is InChI=1S/C16H14N4O5S2/c1-2-24-10-3-5-12-13(7-10)27-16(18-12)26-9-14(21)19-17-8-11-4-6-15(25-11)20(22)23/h3-8H,2,9H2,1H3,(H,19,21)/b17-8-. The summed E-state index contributed by atoms with van der Waals surface area (Å²) >= 11 is 2.78. The van der Waals surface area contributed by atoms with E-state index < -0.39 is 4.92 Å². The van der Waals surface area contributed by atoms with E-state index in [-0.39, 0.29) is 23.3 Å². The number of ether oxygens (including phenoxy) is 1. The summed E-state index contributed by atoms with van der Waals surface area (Å²) in [5.74, 6) is 0.378. The Hall–Kier alpha value is -2.92. The molecule has 0 bridgehead atoms. The van der Waals surface area contributed by atoms with Crippen LogP contribution in [-0.4, -0.2) is 34.4 Å². The van der Waals surface area contributed by atoms with Crippen molar-refractivity contribution >= 4 is 51.3 Å². The van der Waals surface area contributed by atoms with E-state index in [4.69, 9.17) is 9.15 Å². The minimum atomic E-state index is -0.651. The molecular weight excluding hydrogens is 392 g/mol. The summed E-state index contributed by atoms with van der Waals surface area (Å²) < 4.78 is 12.1. The van der Waals surface area contributed by atoms with E-state index >= 15 is 0 Å². The Morgan fingerprint density at radius 1 is 1.48 bits per heavy atom. The van der Waals surface area contributed by atoms with Gasteiger partial charge in [-0.3, -0.25) is 14.9 Å². The number of thiazole rings is 1. The van der Waals surface area contributed by atoms with Crippen LogP contribution in [0.2, 0.25) is 0 Å². The summed E-state index contributed by atoms with van der Waals surface area (Å²) in [5, 5.41) is 14.2. The highest BCUT2D eigenvalue weighted by molar-refractivity contribution is 8.01. The second kappa shape index (κ2) is 8.64. The van der Waals surface area contributed by atoms with Gasteiger partial charge in [0, 0.05) is 0 Å². The minimum absolute atomic E-state index is 0.133. The number of hydrazone groups is 1. The molecule has 3 rings (SSSR count). The maximum Gasteiger partial charge on any atom is 0.433 e. The Balaban J connectivity index is 1.51. The molecule has 0 fully saturated rings. The van der Waals surface area contributed by atoms with Crippen molar-refractivity contribution in [3.8, 4) is 5.75 Å². The number of carbonyl (C=O) groups is 1. The second-order valence-corrected chi connectivity index (χ2v) is 7.31.